The molecule has 0 radical (unpaired) electrons. The maximum absolute atomic E-state index is 10.5. The normalized spacial score (nSPS) is 18.2. The summed E-state index contributed by atoms with van der Waals surface area (Å²) in [5, 5.41) is 13.8. The number of aliphatic imine (C=N–C) groups is 1. The minimum atomic E-state index is -0.626. The Morgan fingerprint density at radius 1 is 1.23 bits per heavy atom. The van der Waals surface area contributed by atoms with Gasteiger partial charge in [-0.15, -0.1) is 24.0 Å². The van der Waals surface area contributed by atoms with E-state index in [9.17, 15) is 5.11 Å². The monoisotopic (exact) mass is 475 g/mol. The van der Waals surface area contributed by atoms with Gasteiger partial charge in [-0.3, -0.25) is 4.99 Å². The van der Waals surface area contributed by atoms with Crippen LogP contribution in [0.5, 0.6) is 11.5 Å². The molecule has 1 aliphatic heterocycles. The van der Waals surface area contributed by atoms with Gasteiger partial charge in [0.05, 0.1) is 12.1 Å². The van der Waals surface area contributed by atoms with Crippen LogP contribution < -0.4 is 14.8 Å². The van der Waals surface area contributed by atoms with Gasteiger partial charge in [-0.1, -0.05) is 18.9 Å². The zero-order valence-corrected chi connectivity index (χ0v) is 18.0. The Labute approximate surface area is 173 Å². The third-order valence-corrected chi connectivity index (χ3v) is 4.78. The van der Waals surface area contributed by atoms with Gasteiger partial charge in [0.15, 0.2) is 17.5 Å². The number of nitrogens with zero attached hydrogens (tertiary/aromatic N) is 2. The Bertz CT molecular complexity index is 618. The van der Waals surface area contributed by atoms with Crippen molar-refractivity contribution >= 4 is 29.9 Å². The first-order valence-corrected chi connectivity index (χ1v) is 9.20. The molecule has 0 unspecified atom stereocenters. The highest BCUT2D eigenvalue weighted by atomic mass is 127. The van der Waals surface area contributed by atoms with Crippen LogP contribution in [0.1, 0.15) is 38.2 Å². The fraction of sp³-hybridized carbons (Fsp3) is 0.632. The summed E-state index contributed by atoms with van der Waals surface area (Å²) in [7, 11) is 2.01. The molecule has 1 heterocycles. The smallest absolute Gasteiger partial charge is 0.194 e. The number of guanidine groups is 1. The molecule has 1 aliphatic carbocycles. The number of hydrogen-bond acceptors (Lipinski definition) is 4. The second-order valence-electron chi connectivity index (χ2n) is 6.94. The van der Waals surface area contributed by atoms with Gasteiger partial charge in [0.1, 0.15) is 13.2 Å². The van der Waals surface area contributed by atoms with Crippen LogP contribution >= 0.6 is 24.0 Å². The van der Waals surface area contributed by atoms with Crippen LogP contribution in [-0.2, 0) is 6.54 Å². The molecule has 146 valence electrons. The number of halogens is 1. The zero-order chi connectivity index (χ0) is 17.7. The van der Waals surface area contributed by atoms with E-state index in [0.717, 1.165) is 55.3 Å². The molecule has 0 spiro atoms. The third-order valence-electron chi connectivity index (χ3n) is 4.78. The predicted molar refractivity (Wildman–Crippen MR) is 114 cm³/mol. The molecule has 1 saturated carbocycles. The van der Waals surface area contributed by atoms with Gasteiger partial charge >= 0.3 is 0 Å². The average Bonchev–Trinajstić information content (AvgIpc) is 3.05. The molecule has 0 aromatic heterocycles. The van der Waals surface area contributed by atoms with Crippen molar-refractivity contribution in [3.05, 3.63) is 23.8 Å². The second kappa shape index (κ2) is 9.64. The minimum Gasteiger partial charge on any atom is -0.486 e. The summed E-state index contributed by atoms with van der Waals surface area (Å²) in [6.45, 7) is 5.21. The lowest BCUT2D eigenvalue weighted by Crippen LogP contribution is -2.40. The quantitative estimate of drug-likeness (QED) is 0.390. The molecule has 1 fully saturated rings. The molecule has 2 aliphatic rings. The van der Waals surface area contributed by atoms with Crippen LogP contribution in [0.15, 0.2) is 23.2 Å². The topological polar surface area (TPSA) is 66.3 Å². The predicted octanol–water partition coefficient (Wildman–Crippen LogP) is 2.78. The number of nitrogens with one attached hydrogen (secondary N) is 1. The van der Waals surface area contributed by atoms with Gasteiger partial charge in [0.25, 0.3) is 0 Å². The van der Waals surface area contributed by atoms with Gasteiger partial charge in [-0.05, 0) is 37.5 Å². The highest BCUT2D eigenvalue weighted by Gasteiger charge is 2.31. The fourth-order valence-corrected chi connectivity index (χ4v) is 3.42. The number of benzene rings is 1. The minimum absolute atomic E-state index is 0. The van der Waals surface area contributed by atoms with Gasteiger partial charge in [0.2, 0.25) is 0 Å². The number of rotatable bonds is 5. The first kappa shape index (κ1) is 21.1. The maximum atomic E-state index is 10.5. The summed E-state index contributed by atoms with van der Waals surface area (Å²) in [6, 6.07) is 6.04. The first-order valence-electron chi connectivity index (χ1n) is 9.20. The molecular formula is C19H30IN3O3. The van der Waals surface area contributed by atoms with Crippen molar-refractivity contribution in [1.82, 2.24) is 10.2 Å². The third kappa shape index (κ3) is 5.39. The Kier molecular flexibility index (Phi) is 7.82. The van der Waals surface area contributed by atoms with Crippen molar-refractivity contribution in [3.63, 3.8) is 0 Å². The van der Waals surface area contributed by atoms with E-state index in [1.54, 1.807) is 0 Å². The molecule has 26 heavy (non-hydrogen) atoms. The molecule has 0 atom stereocenters. The molecule has 3 rings (SSSR count). The Balaban J connectivity index is 0.00000243. The van der Waals surface area contributed by atoms with Gasteiger partial charge in [-0.25, -0.2) is 0 Å². The largest absolute Gasteiger partial charge is 0.486 e. The first-order chi connectivity index (χ1) is 12.1. The van der Waals surface area contributed by atoms with Crippen molar-refractivity contribution < 1.29 is 14.6 Å². The Hall–Kier alpha value is -1.22. The van der Waals surface area contributed by atoms with E-state index in [2.05, 4.69) is 28.2 Å². The van der Waals surface area contributed by atoms with Crippen molar-refractivity contribution in [2.75, 3.05) is 33.4 Å². The molecule has 1 aromatic rings. The van der Waals surface area contributed by atoms with E-state index < -0.39 is 5.60 Å². The van der Waals surface area contributed by atoms with Gasteiger partial charge in [0, 0.05) is 20.1 Å². The number of fused-ring (bicyclic) bond motifs is 1. The van der Waals surface area contributed by atoms with Gasteiger partial charge in [-0.2, -0.15) is 0 Å². The van der Waals surface area contributed by atoms with E-state index in [1.807, 2.05) is 19.2 Å². The summed E-state index contributed by atoms with van der Waals surface area (Å²) in [6.07, 6.45) is 3.88. The number of aliphatic hydroxyl groups is 1. The summed E-state index contributed by atoms with van der Waals surface area (Å²) >= 11 is 0. The highest BCUT2D eigenvalue weighted by Crippen LogP contribution is 2.31. The van der Waals surface area contributed by atoms with Crippen molar-refractivity contribution in [3.8, 4) is 11.5 Å². The van der Waals surface area contributed by atoms with Crippen LogP contribution in [0.25, 0.3) is 0 Å². The van der Waals surface area contributed by atoms with Crippen molar-refractivity contribution in [2.45, 2.75) is 44.8 Å². The van der Waals surface area contributed by atoms with Crippen LogP contribution in [0.4, 0.5) is 0 Å². The van der Waals surface area contributed by atoms with Crippen LogP contribution in [0, 0.1) is 0 Å². The summed E-state index contributed by atoms with van der Waals surface area (Å²) in [4.78, 5) is 6.75. The Morgan fingerprint density at radius 2 is 1.92 bits per heavy atom. The van der Waals surface area contributed by atoms with E-state index in [-0.39, 0.29) is 24.0 Å². The maximum Gasteiger partial charge on any atom is 0.194 e. The second-order valence-corrected chi connectivity index (χ2v) is 6.94. The van der Waals surface area contributed by atoms with Crippen LogP contribution in [0.2, 0.25) is 0 Å². The average molecular weight is 475 g/mol. The lowest BCUT2D eigenvalue weighted by Gasteiger charge is -2.25. The van der Waals surface area contributed by atoms with E-state index >= 15 is 0 Å². The summed E-state index contributed by atoms with van der Waals surface area (Å²) in [5.41, 5.74) is 0.510. The van der Waals surface area contributed by atoms with Crippen LogP contribution in [0.3, 0.4) is 0 Å². The summed E-state index contributed by atoms with van der Waals surface area (Å²) in [5.74, 6) is 2.43. The molecule has 0 bridgehead atoms. The molecule has 7 heteroatoms. The molecule has 2 N–H and O–H groups in total. The van der Waals surface area contributed by atoms with E-state index in [1.165, 1.54) is 0 Å². The molecule has 0 amide bonds. The standard InChI is InChI=1S/C19H29N3O3.HI/c1-3-20-18(21-14-19(23)8-4-5-9-19)22(2)13-15-6-7-16-17(12-15)25-11-10-24-16;/h6-7,12,23H,3-5,8-11,13-14H2,1-2H3,(H,20,21);1H. The molecule has 0 saturated heterocycles. The fourth-order valence-electron chi connectivity index (χ4n) is 3.42. The molecule has 1 aromatic carbocycles. The Morgan fingerprint density at radius 3 is 2.62 bits per heavy atom. The lowest BCUT2D eigenvalue weighted by molar-refractivity contribution is 0.0572. The molecular weight excluding hydrogens is 445 g/mol. The molecule has 6 nitrogen and oxygen atoms in total. The number of hydrogen-bond donors (Lipinski definition) is 2. The summed E-state index contributed by atoms with van der Waals surface area (Å²) < 4.78 is 11.2. The van der Waals surface area contributed by atoms with Crippen LogP contribution in [-0.4, -0.2) is 54.9 Å². The lowest BCUT2D eigenvalue weighted by atomic mass is 10.0. The van der Waals surface area contributed by atoms with Crippen molar-refractivity contribution in [1.29, 1.82) is 0 Å². The van der Waals surface area contributed by atoms with Gasteiger partial charge < -0.3 is 24.8 Å². The van der Waals surface area contributed by atoms with Crippen molar-refractivity contribution in [2.24, 2.45) is 4.99 Å². The number of ether oxygens (including phenoxy) is 2. The highest BCUT2D eigenvalue weighted by molar-refractivity contribution is 14.0. The SMILES string of the molecule is CCNC(=NCC1(O)CCCC1)N(C)Cc1ccc2c(c1)OCCO2.I. The zero-order valence-electron chi connectivity index (χ0n) is 15.7. The van der Waals surface area contributed by atoms with E-state index in [0.29, 0.717) is 26.3 Å². The van der Waals surface area contributed by atoms with E-state index in [4.69, 9.17) is 9.47 Å².